The lowest BCUT2D eigenvalue weighted by molar-refractivity contribution is 0.0596. The lowest BCUT2D eigenvalue weighted by Gasteiger charge is -2.16. The molecule has 0 radical (unpaired) electrons. The molecule has 0 saturated carbocycles. The molecule has 112 valence electrons. The van der Waals surface area contributed by atoms with E-state index in [4.69, 9.17) is 5.11 Å². The van der Waals surface area contributed by atoms with Crippen LogP contribution in [0.3, 0.4) is 0 Å². The van der Waals surface area contributed by atoms with Crippen LogP contribution in [-0.4, -0.2) is 39.3 Å². The molecule has 0 spiro atoms. The molecular formula is C12H16FNO5S. The molecule has 0 aromatic heterocycles. The van der Waals surface area contributed by atoms with E-state index in [1.807, 2.05) is 0 Å². The first-order chi connectivity index (χ1) is 9.35. The average molecular weight is 305 g/mol. The maximum absolute atomic E-state index is 13.3. The van der Waals surface area contributed by atoms with Gasteiger partial charge in [-0.1, -0.05) is 6.92 Å². The van der Waals surface area contributed by atoms with Gasteiger partial charge in [0.2, 0.25) is 10.0 Å². The lowest BCUT2D eigenvalue weighted by Crippen LogP contribution is -2.37. The van der Waals surface area contributed by atoms with Crippen LogP contribution in [0.1, 0.15) is 23.7 Å². The minimum Gasteiger partial charge on any atom is -0.465 e. The number of nitrogens with one attached hydrogen (secondary N) is 1. The Balaban J connectivity index is 3.29. The van der Waals surface area contributed by atoms with Crippen LogP contribution >= 0.6 is 0 Å². The Morgan fingerprint density at radius 1 is 1.50 bits per heavy atom. The molecule has 0 aliphatic rings. The highest BCUT2D eigenvalue weighted by molar-refractivity contribution is 7.89. The second kappa shape index (κ2) is 6.78. The van der Waals surface area contributed by atoms with Crippen molar-refractivity contribution in [2.24, 2.45) is 0 Å². The Bertz CT molecular complexity index is 584. The van der Waals surface area contributed by atoms with Crippen molar-refractivity contribution in [2.75, 3.05) is 13.7 Å². The molecule has 1 aromatic rings. The van der Waals surface area contributed by atoms with E-state index in [0.717, 1.165) is 25.3 Å². The highest BCUT2D eigenvalue weighted by atomic mass is 32.2. The Morgan fingerprint density at radius 2 is 2.15 bits per heavy atom. The maximum atomic E-state index is 13.3. The molecular weight excluding hydrogens is 289 g/mol. The van der Waals surface area contributed by atoms with Crippen molar-refractivity contribution in [3.8, 4) is 0 Å². The summed E-state index contributed by atoms with van der Waals surface area (Å²) in [6.07, 6.45) is 0.346. The number of ether oxygens (including phenoxy) is 1. The molecule has 1 rings (SSSR count). The number of aliphatic hydroxyl groups excluding tert-OH is 1. The van der Waals surface area contributed by atoms with E-state index in [1.165, 1.54) is 0 Å². The maximum Gasteiger partial charge on any atom is 0.339 e. The summed E-state index contributed by atoms with van der Waals surface area (Å²) in [7, 11) is -3.05. The summed E-state index contributed by atoms with van der Waals surface area (Å²) < 4.78 is 44.2. The van der Waals surface area contributed by atoms with Crippen LogP contribution in [-0.2, 0) is 14.8 Å². The van der Waals surface area contributed by atoms with Crippen LogP contribution < -0.4 is 4.72 Å². The van der Waals surface area contributed by atoms with Crippen molar-refractivity contribution in [1.82, 2.24) is 4.72 Å². The summed E-state index contributed by atoms with van der Waals surface area (Å²) in [6, 6.07) is 2.02. The van der Waals surface area contributed by atoms with Crippen molar-refractivity contribution in [3.05, 3.63) is 29.6 Å². The van der Waals surface area contributed by atoms with E-state index >= 15 is 0 Å². The zero-order chi connectivity index (χ0) is 15.3. The summed E-state index contributed by atoms with van der Waals surface area (Å²) in [5.41, 5.74) is -0.269. The van der Waals surface area contributed by atoms with Crippen molar-refractivity contribution in [2.45, 2.75) is 24.3 Å². The van der Waals surface area contributed by atoms with Gasteiger partial charge in [0.15, 0.2) is 0 Å². The quantitative estimate of drug-likeness (QED) is 0.753. The number of hydrogen-bond donors (Lipinski definition) is 2. The third kappa shape index (κ3) is 3.75. The van der Waals surface area contributed by atoms with Crippen LogP contribution in [0.4, 0.5) is 4.39 Å². The van der Waals surface area contributed by atoms with E-state index in [2.05, 4.69) is 9.46 Å². The van der Waals surface area contributed by atoms with Gasteiger partial charge in [0.05, 0.1) is 24.2 Å². The minimum atomic E-state index is -4.14. The average Bonchev–Trinajstić information content (AvgIpc) is 2.43. The highest BCUT2D eigenvalue weighted by Gasteiger charge is 2.25. The van der Waals surface area contributed by atoms with Gasteiger partial charge in [-0.05, 0) is 24.6 Å². The second-order valence-electron chi connectivity index (χ2n) is 4.04. The number of benzene rings is 1. The molecule has 0 aliphatic carbocycles. The van der Waals surface area contributed by atoms with Gasteiger partial charge in [0, 0.05) is 6.04 Å². The molecule has 6 nitrogen and oxygen atoms in total. The second-order valence-corrected chi connectivity index (χ2v) is 5.72. The SMILES string of the molecule is CC[C@H](CO)NS(=O)(=O)c1cc(F)ccc1C(=O)OC. The number of halogens is 1. The van der Waals surface area contributed by atoms with Gasteiger partial charge in [-0.2, -0.15) is 0 Å². The number of methoxy groups -OCH3 is 1. The van der Waals surface area contributed by atoms with Crippen molar-refractivity contribution < 1.29 is 27.4 Å². The smallest absolute Gasteiger partial charge is 0.339 e. The fourth-order valence-electron chi connectivity index (χ4n) is 1.53. The molecule has 1 atom stereocenters. The number of sulfonamides is 1. The predicted molar refractivity (Wildman–Crippen MR) is 69.2 cm³/mol. The molecule has 0 unspecified atom stereocenters. The summed E-state index contributed by atoms with van der Waals surface area (Å²) in [5.74, 6) is -1.68. The predicted octanol–water partition coefficient (Wildman–Crippen LogP) is 0.662. The lowest BCUT2D eigenvalue weighted by atomic mass is 10.2. The molecule has 0 aliphatic heterocycles. The third-order valence-electron chi connectivity index (χ3n) is 2.67. The van der Waals surface area contributed by atoms with E-state index in [-0.39, 0.29) is 5.56 Å². The van der Waals surface area contributed by atoms with Crippen LogP contribution in [0.5, 0.6) is 0 Å². The Hall–Kier alpha value is -1.51. The zero-order valence-corrected chi connectivity index (χ0v) is 11.9. The number of carbonyl (C=O) groups is 1. The number of carbonyl (C=O) groups excluding carboxylic acids is 1. The molecule has 8 heteroatoms. The molecule has 0 amide bonds. The standard InChI is InChI=1S/C12H16FNO5S/c1-3-9(7-15)14-20(17,18)11-6-8(13)4-5-10(11)12(16)19-2/h4-6,9,14-15H,3,7H2,1-2H3/t9-/m1/s1. The van der Waals surface area contributed by atoms with E-state index < -0.39 is 39.4 Å². The van der Waals surface area contributed by atoms with Gasteiger partial charge < -0.3 is 9.84 Å². The molecule has 0 saturated heterocycles. The number of esters is 1. The van der Waals surface area contributed by atoms with Crippen LogP contribution in [0.25, 0.3) is 0 Å². The van der Waals surface area contributed by atoms with Gasteiger partial charge in [0.1, 0.15) is 5.82 Å². The van der Waals surface area contributed by atoms with Crippen LogP contribution in [0.15, 0.2) is 23.1 Å². The van der Waals surface area contributed by atoms with Crippen molar-refractivity contribution in [1.29, 1.82) is 0 Å². The zero-order valence-electron chi connectivity index (χ0n) is 11.1. The highest BCUT2D eigenvalue weighted by Crippen LogP contribution is 2.19. The Labute approximate surface area is 116 Å². The largest absolute Gasteiger partial charge is 0.465 e. The van der Waals surface area contributed by atoms with Gasteiger partial charge in [0.25, 0.3) is 0 Å². The summed E-state index contributed by atoms with van der Waals surface area (Å²) in [6.45, 7) is 1.27. The van der Waals surface area contributed by atoms with Crippen molar-refractivity contribution >= 4 is 16.0 Å². The van der Waals surface area contributed by atoms with E-state index in [0.29, 0.717) is 6.42 Å². The fraction of sp³-hybridized carbons (Fsp3) is 0.417. The van der Waals surface area contributed by atoms with E-state index in [1.54, 1.807) is 6.92 Å². The third-order valence-corrected chi connectivity index (χ3v) is 4.23. The molecule has 1 aromatic carbocycles. The first-order valence-electron chi connectivity index (χ1n) is 5.86. The van der Waals surface area contributed by atoms with Gasteiger partial charge >= 0.3 is 5.97 Å². The Kier molecular flexibility index (Phi) is 5.61. The number of aliphatic hydroxyl groups is 1. The van der Waals surface area contributed by atoms with Crippen LogP contribution in [0.2, 0.25) is 0 Å². The summed E-state index contributed by atoms with van der Waals surface area (Å²) in [5, 5.41) is 9.02. The topological polar surface area (TPSA) is 92.7 Å². The first-order valence-corrected chi connectivity index (χ1v) is 7.35. The molecule has 2 N–H and O–H groups in total. The molecule has 0 heterocycles. The van der Waals surface area contributed by atoms with Gasteiger partial charge in [-0.15, -0.1) is 0 Å². The van der Waals surface area contributed by atoms with E-state index in [9.17, 15) is 17.6 Å². The normalized spacial score (nSPS) is 13.0. The summed E-state index contributed by atoms with van der Waals surface area (Å²) in [4.78, 5) is 11.0. The number of rotatable bonds is 6. The Morgan fingerprint density at radius 3 is 2.65 bits per heavy atom. The number of hydrogen-bond acceptors (Lipinski definition) is 5. The van der Waals surface area contributed by atoms with Crippen LogP contribution in [0, 0.1) is 5.82 Å². The summed E-state index contributed by atoms with van der Waals surface area (Å²) >= 11 is 0. The van der Waals surface area contributed by atoms with Gasteiger partial charge in [-0.3, -0.25) is 0 Å². The molecule has 20 heavy (non-hydrogen) atoms. The fourth-order valence-corrected chi connectivity index (χ4v) is 3.05. The monoisotopic (exact) mass is 305 g/mol. The first kappa shape index (κ1) is 16.5. The minimum absolute atomic E-state index is 0.269. The molecule has 0 fully saturated rings. The molecule has 0 bridgehead atoms. The van der Waals surface area contributed by atoms with Crippen molar-refractivity contribution in [3.63, 3.8) is 0 Å². The van der Waals surface area contributed by atoms with Gasteiger partial charge in [-0.25, -0.2) is 22.3 Å².